The van der Waals surface area contributed by atoms with Crippen LogP contribution >= 0.6 is 0 Å². The summed E-state index contributed by atoms with van der Waals surface area (Å²) in [5, 5.41) is 3.09. The molecule has 2 fully saturated rings. The number of carbonyl (C=O) groups is 1. The summed E-state index contributed by atoms with van der Waals surface area (Å²) in [6, 6.07) is 0. The zero-order chi connectivity index (χ0) is 9.10. The van der Waals surface area contributed by atoms with Crippen LogP contribution in [0, 0.1) is 5.92 Å². The predicted molar refractivity (Wildman–Crippen MR) is 46.3 cm³/mol. The molecule has 0 aromatic rings. The summed E-state index contributed by atoms with van der Waals surface area (Å²) in [6.45, 7) is 2.42. The van der Waals surface area contributed by atoms with Crippen molar-refractivity contribution in [2.45, 2.75) is 18.9 Å². The van der Waals surface area contributed by atoms with Crippen LogP contribution in [0.25, 0.3) is 0 Å². The molecule has 1 N–H and O–H groups in total. The molecule has 2 aliphatic rings. The Bertz CT molecular complexity index is 187. The molecule has 1 heterocycles. The zero-order valence-electron chi connectivity index (χ0n) is 7.62. The van der Waals surface area contributed by atoms with E-state index in [-0.39, 0.29) is 12.1 Å². The number of rotatable bonds is 5. The normalized spacial score (nSPS) is 22.5. The van der Waals surface area contributed by atoms with Crippen LogP contribution in [0.5, 0.6) is 0 Å². The van der Waals surface area contributed by atoms with Crippen molar-refractivity contribution >= 4 is 5.97 Å². The zero-order valence-corrected chi connectivity index (χ0v) is 7.62. The first kappa shape index (κ1) is 8.97. The van der Waals surface area contributed by atoms with Gasteiger partial charge in [0.1, 0.15) is 6.10 Å². The number of hydrogen-bond acceptors (Lipinski definition) is 4. The number of esters is 1. The lowest BCUT2D eigenvalue weighted by atomic mass is 10.3. The topological polar surface area (TPSA) is 47.6 Å². The number of hydrogen-bond donors (Lipinski definition) is 1. The molecular formula is C9H15NO3. The minimum Gasteiger partial charge on any atom is -0.456 e. The van der Waals surface area contributed by atoms with Crippen LogP contribution < -0.4 is 5.32 Å². The van der Waals surface area contributed by atoms with Gasteiger partial charge in [-0.3, -0.25) is 4.79 Å². The molecule has 0 bridgehead atoms. The molecule has 1 aliphatic heterocycles. The highest BCUT2D eigenvalue weighted by Crippen LogP contribution is 2.27. The van der Waals surface area contributed by atoms with Crippen LogP contribution in [-0.2, 0) is 14.3 Å². The second-order valence-corrected chi connectivity index (χ2v) is 3.72. The molecule has 0 spiro atoms. The Morgan fingerprint density at radius 3 is 2.77 bits per heavy atom. The molecule has 4 nitrogen and oxygen atoms in total. The third-order valence-electron chi connectivity index (χ3n) is 2.30. The lowest BCUT2D eigenvalue weighted by molar-refractivity contribution is -0.171. The van der Waals surface area contributed by atoms with Gasteiger partial charge in [-0.1, -0.05) is 0 Å². The monoisotopic (exact) mass is 185 g/mol. The highest BCUT2D eigenvalue weighted by molar-refractivity contribution is 5.71. The summed E-state index contributed by atoms with van der Waals surface area (Å²) in [7, 11) is 0. The van der Waals surface area contributed by atoms with Gasteiger partial charge in [0, 0.05) is 0 Å². The van der Waals surface area contributed by atoms with Crippen molar-refractivity contribution in [1.29, 1.82) is 0 Å². The Balaban J connectivity index is 1.49. The van der Waals surface area contributed by atoms with E-state index < -0.39 is 0 Å². The molecule has 13 heavy (non-hydrogen) atoms. The average Bonchev–Trinajstić information content (AvgIpc) is 2.81. The van der Waals surface area contributed by atoms with Gasteiger partial charge in [-0.15, -0.1) is 0 Å². The van der Waals surface area contributed by atoms with Gasteiger partial charge in [0.05, 0.1) is 19.8 Å². The fourth-order valence-corrected chi connectivity index (χ4v) is 1.21. The van der Waals surface area contributed by atoms with Gasteiger partial charge >= 0.3 is 5.97 Å². The number of ether oxygens (including phenoxy) is 2. The third-order valence-corrected chi connectivity index (χ3v) is 2.30. The van der Waals surface area contributed by atoms with Crippen LogP contribution in [-0.4, -0.2) is 38.4 Å². The minimum atomic E-state index is -0.158. The first-order chi connectivity index (χ1) is 6.34. The molecule has 0 aromatic heterocycles. The summed E-state index contributed by atoms with van der Waals surface area (Å²) in [5.41, 5.74) is 0. The van der Waals surface area contributed by atoms with E-state index in [4.69, 9.17) is 9.47 Å². The van der Waals surface area contributed by atoms with E-state index in [9.17, 15) is 4.79 Å². The smallest absolute Gasteiger partial charge is 0.320 e. The molecule has 0 amide bonds. The highest BCUT2D eigenvalue weighted by Gasteiger charge is 2.23. The summed E-state index contributed by atoms with van der Waals surface area (Å²) in [4.78, 5) is 11.1. The molecule has 1 saturated carbocycles. The second-order valence-electron chi connectivity index (χ2n) is 3.72. The van der Waals surface area contributed by atoms with Gasteiger partial charge < -0.3 is 14.8 Å². The maximum absolute atomic E-state index is 11.1. The molecule has 4 heteroatoms. The SMILES string of the molecule is O=C(CNCC1CC1)OC1COC1. The fraction of sp³-hybridized carbons (Fsp3) is 0.889. The maximum Gasteiger partial charge on any atom is 0.320 e. The van der Waals surface area contributed by atoms with Crippen molar-refractivity contribution < 1.29 is 14.3 Å². The predicted octanol–water partition coefficient (Wildman–Crippen LogP) is -0.0720. The Hall–Kier alpha value is -0.610. The minimum absolute atomic E-state index is 0.00947. The van der Waals surface area contributed by atoms with Crippen LogP contribution in [0.2, 0.25) is 0 Å². The third kappa shape index (κ3) is 2.97. The Labute approximate surface area is 77.6 Å². The van der Waals surface area contributed by atoms with Crippen molar-refractivity contribution in [3.8, 4) is 0 Å². The maximum atomic E-state index is 11.1. The van der Waals surface area contributed by atoms with Crippen molar-refractivity contribution in [1.82, 2.24) is 5.32 Å². The fourth-order valence-electron chi connectivity index (χ4n) is 1.21. The highest BCUT2D eigenvalue weighted by atomic mass is 16.6. The molecular weight excluding hydrogens is 170 g/mol. The van der Waals surface area contributed by atoms with Crippen LogP contribution in [0.15, 0.2) is 0 Å². The van der Waals surface area contributed by atoms with E-state index in [0.717, 1.165) is 12.5 Å². The first-order valence-corrected chi connectivity index (χ1v) is 4.82. The van der Waals surface area contributed by atoms with Gasteiger partial charge in [-0.05, 0) is 25.3 Å². The van der Waals surface area contributed by atoms with E-state index in [2.05, 4.69) is 5.32 Å². The Kier molecular flexibility index (Phi) is 2.80. The van der Waals surface area contributed by atoms with Gasteiger partial charge in [-0.25, -0.2) is 0 Å². The molecule has 1 aliphatic carbocycles. The molecule has 0 radical (unpaired) electrons. The van der Waals surface area contributed by atoms with E-state index in [1.54, 1.807) is 0 Å². The van der Waals surface area contributed by atoms with Gasteiger partial charge in [0.2, 0.25) is 0 Å². The van der Waals surface area contributed by atoms with Crippen LogP contribution in [0.1, 0.15) is 12.8 Å². The van der Waals surface area contributed by atoms with E-state index in [0.29, 0.717) is 19.8 Å². The average molecular weight is 185 g/mol. The molecule has 2 rings (SSSR count). The quantitative estimate of drug-likeness (QED) is 0.609. The van der Waals surface area contributed by atoms with Crippen molar-refractivity contribution in [2.24, 2.45) is 5.92 Å². The van der Waals surface area contributed by atoms with Crippen molar-refractivity contribution in [3.63, 3.8) is 0 Å². The Morgan fingerprint density at radius 1 is 1.46 bits per heavy atom. The van der Waals surface area contributed by atoms with Gasteiger partial charge in [0.15, 0.2) is 0 Å². The summed E-state index contributed by atoms with van der Waals surface area (Å²) < 4.78 is 9.95. The molecule has 0 aromatic carbocycles. The standard InChI is InChI=1S/C9H15NO3/c11-9(13-8-5-12-6-8)4-10-3-7-1-2-7/h7-8,10H,1-6H2. The van der Waals surface area contributed by atoms with Crippen molar-refractivity contribution in [2.75, 3.05) is 26.3 Å². The van der Waals surface area contributed by atoms with Gasteiger partial charge in [-0.2, -0.15) is 0 Å². The lowest BCUT2D eigenvalue weighted by Gasteiger charge is -2.25. The van der Waals surface area contributed by atoms with Crippen LogP contribution in [0.3, 0.4) is 0 Å². The first-order valence-electron chi connectivity index (χ1n) is 4.82. The summed E-state index contributed by atoms with van der Waals surface area (Å²) in [6.07, 6.45) is 2.62. The number of nitrogens with one attached hydrogen (secondary N) is 1. The van der Waals surface area contributed by atoms with Crippen LogP contribution in [0.4, 0.5) is 0 Å². The number of carbonyl (C=O) groups excluding carboxylic acids is 1. The largest absolute Gasteiger partial charge is 0.456 e. The van der Waals surface area contributed by atoms with Crippen molar-refractivity contribution in [3.05, 3.63) is 0 Å². The van der Waals surface area contributed by atoms with E-state index in [1.807, 2.05) is 0 Å². The second kappa shape index (κ2) is 4.07. The van der Waals surface area contributed by atoms with Gasteiger partial charge in [0.25, 0.3) is 0 Å². The molecule has 0 unspecified atom stereocenters. The molecule has 1 saturated heterocycles. The molecule has 74 valence electrons. The summed E-state index contributed by atoms with van der Waals surface area (Å²) >= 11 is 0. The van der Waals surface area contributed by atoms with E-state index in [1.165, 1.54) is 12.8 Å². The lowest BCUT2D eigenvalue weighted by Crippen LogP contribution is -2.40. The molecule has 0 atom stereocenters. The Morgan fingerprint density at radius 2 is 2.23 bits per heavy atom. The van der Waals surface area contributed by atoms with E-state index >= 15 is 0 Å². The summed E-state index contributed by atoms with van der Waals surface area (Å²) in [5.74, 6) is 0.647.